The van der Waals surface area contributed by atoms with Gasteiger partial charge in [0.1, 0.15) is 0 Å². The van der Waals surface area contributed by atoms with Crippen LogP contribution in [0.15, 0.2) is 0 Å². The molecule has 1 atom stereocenters. The highest BCUT2D eigenvalue weighted by Gasteiger charge is 2.35. The Hall–Kier alpha value is -1.39. The number of Topliss-reactive ketones (excluding diaryl/α,β-unsaturated/α-hetero) is 1. The molecular formula is C8H11NO4. The maximum Gasteiger partial charge on any atom is 0.416 e. The van der Waals surface area contributed by atoms with Gasteiger partial charge in [0.05, 0.1) is 7.11 Å². The summed E-state index contributed by atoms with van der Waals surface area (Å²) in [7, 11) is 1.18. The Morgan fingerprint density at radius 1 is 1.54 bits per heavy atom. The van der Waals surface area contributed by atoms with Crippen LogP contribution in [0.4, 0.5) is 4.79 Å². The van der Waals surface area contributed by atoms with E-state index in [1.807, 2.05) is 0 Å². The number of imide groups is 1. The summed E-state index contributed by atoms with van der Waals surface area (Å²) in [5, 5.41) is 0. The minimum atomic E-state index is -0.759. The molecule has 0 aromatic rings. The summed E-state index contributed by atoms with van der Waals surface area (Å²) >= 11 is 0. The summed E-state index contributed by atoms with van der Waals surface area (Å²) in [5.74, 6) is -1.56. The van der Waals surface area contributed by atoms with E-state index in [0.29, 0.717) is 6.42 Å². The van der Waals surface area contributed by atoms with Gasteiger partial charge in [0.25, 0.3) is 5.91 Å². The zero-order valence-electron chi connectivity index (χ0n) is 7.57. The normalized spacial score (nSPS) is 23.2. The fourth-order valence-electron chi connectivity index (χ4n) is 1.18. The van der Waals surface area contributed by atoms with E-state index < -0.39 is 17.8 Å². The molecular weight excluding hydrogens is 174 g/mol. The minimum Gasteiger partial charge on any atom is -0.452 e. The van der Waals surface area contributed by atoms with E-state index in [9.17, 15) is 14.4 Å². The smallest absolute Gasteiger partial charge is 0.416 e. The zero-order chi connectivity index (χ0) is 10.0. The molecule has 0 saturated carbocycles. The number of carbonyl (C=O) groups is 3. The zero-order valence-corrected chi connectivity index (χ0v) is 7.57. The van der Waals surface area contributed by atoms with Gasteiger partial charge in [-0.2, -0.15) is 0 Å². The Morgan fingerprint density at radius 2 is 2.15 bits per heavy atom. The number of ketones is 1. The number of likely N-dealkylation sites (tertiary alicyclic amines) is 1. The predicted octanol–water partition coefficient (Wildman–Crippen LogP) is 0.190. The predicted molar refractivity (Wildman–Crippen MR) is 42.9 cm³/mol. The van der Waals surface area contributed by atoms with Crippen LogP contribution in [0, 0.1) is 5.92 Å². The van der Waals surface area contributed by atoms with E-state index >= 15 is 0 Å². The van der Waals surface area contributed by atoms with Gasteiger partial charge >= 0.3 is 6.09 Å². The van der Waals surface area contributed by atoms with Gasteiger partial charge in [0.2, 0.25) is 5.78 Å². The van der Waals surface area contributed by atoms with Crippen molar-refractivity contribution in [2.75, 3.05) is 13.7 Å². The Labute approximate surface area is 75.6 Å². The number of amides is 2. The molecule has 0 radical (unpaired) electrons. The molecule has 13 heavy (non-hydrogen) atoms. The molecule has 0 aliphatic carbocycles. The number of rotatable bonds is 0. The van der Waals surface area contributed by atoms with Crippen molar-refractivity contribution in [2.24, 2.45) is 5.92 Å². The molecule has 1 unspecified atom stereocenters. The fourth-order valence-corrected chi connectivity index (χ4v) is 1.18. The van der Waals surface area contributed by atoms with E-state index in [1.165, 1.54) is 7.11 Å². The number of hydrogen-bond donors (Lipinski definition) is 0. The lowest BCUT2D eigenvalue weighted by Crippen LogP contribution is -2.48. The van der Waals surface area contributed by atoms with Crippen molar-refractivity contribution in [3.63, 3.8) is 0 Å². The van der Waals surface area contributed by atoms with Gasteiger partial charge in [-0.15, -0.1) is 0 Å². The van der Waals surface area contributed by atoms with Gasteiger partial charge in [-0.1, -0.05) is 6.92 Å². The summed E-state index contributed by atoms with van der Waals surface area (Å²) in [6, 6.07) is 0. The quantitative estimate of drug-likeness (QED) is 0.505. The maximum atomic E-state index is 11.2. The monoisotopic (exact) mass is 185 g/mol. The molecule has 1 heterocycles. The molecule has 0 bridgehead atoms. The highest BCUT2D eigenvalue weighted by Crippen LogP contribution is 2.14. The molecule has 1 saturated heterocycles. The van der Waals surface area contributed by atoms with E-state index in [2.05, 4.69) is 4.74 Å². The molecule has 0 aromatic heterocycles. The number of hydrogen-bond acceptors (Lipinski definition) is 4. The van der Waals surface area contributed by atoms with E-state index in [1.54, 1.807) is 6.92 Å². The molecule has 0 aromatic carbocycles. The number of nitrogens with zero attached hydrogens (tertiary/aromatic N) is 1. The molecule has 5 heteroatoms. The van der Waals surface area contributed by atoms with Gasteiger partial charge in [-0.05, 0) is 6.42 Å². The van der Waals surface area contributed by atoms with E-state index in [-0.39, 0.29) is 12.5 Å². The fraction of sp³-hybridized carbons (Fsp3) is 0.625. The number of piperidine rings is 1. The van der Waals surface area contributed by atoms with Crippen molar-refractivity contribution < 1.29 is 19.1 Å². The Kier molecular flexibility index (Phi) is 2.65. The summed E-state index contributed by atoms with van der Waals surface area (Å²) in [6.07, 6.45) is -0.245. The first-order chi connectivity index (χ1) is 6.07. The van der Waals surface area contributed by atoms with Crippen molar-refractivity contribution in [3.05, 3.63) is 0 Å². The number of carbonyl (C=O) groups excluding carboxylic acids is 3. The van der Waals surface area contributed by atoms with Gasteiger partial charge in [-0.25, -0.2) is 9.69 Å². The Balaban J connectivity index is 2.75. The summed E-state index contributed by atoms with van der Waals surface area (Å²) in [5.41, 5.74) is 0. The first kappa shape index (κ1) is 9.70. The van der Waals surface area contributed by atoms with Gasteiger partial charge in [0.15, 0.2) is 0 Å². The molecule has 72 valence electrons. The summed E-state index contributed by atoms with van der Waals surface area (Å²) < 4.78 is 4.36. The van der Waals surface area contributed by atoms with Crippen molar-refractivity contribution >= 4 is 17.8 Å². The lowest BCUT2D eigenvalue weighted by Gasteiger charge is -2.25. The van der Waals surface area contributed by atoms with Crippen LogP contribution in [0.3, 0.4) is 0 Å². The van der Waals surface area contributed by atoms with Gasteiger partial charge < -0.3 is 4.74 Å². The highest BCUT2D eigenvalue weighted by atomic mass is 16.5. The molecule has 0 N–H and O–H groups in total. The lowest BCUT2D eigenvalue weighted by atomic mass is 9.97. The van der Waals surface area contributed by atoms with Crippen LogP contribution in [-0.4, -0.2) is 36.3 Å². The molecule has 1 fully saturated rings. The third kappa shape index (κ3) is 1.68. The standard InChI is InChI=1S/C8H11NO4/c1-5-3-4-9(8(12)13-2)7(11)6(5)10/h5H,3-4H2,1-2H3. The molecule has 0 spiro atoms. The second-order valence-electron chi connectivity index (χ2n) is 2.98. The highest BCUT2D eigenvalue weighted by molar-refractivity contribution is 6.39. The first-order valence-corrected chi connectivity index (χ1v) is 4.01. The second-order valence-corrected chi connectivity index (χ2v) is 2.98. The Morgan fingerprint density at radius 3 is 2.69 bits per heavy atom. The van der Waals surface area contributed by atoms with Crippen LogP contribution in [0.1, 0.15) is 13.3 Å². The molecule has 5 nitrogen and oxygen atoms in total. The van der Waals surface area contributed by atoms with Crippen LogP contribution in [-0.2, 0) is 14.3 Å². The average Bonchev–Trinajstić information content (AvgIpc) is 2.13. The number of ether oxygens (including phenoxy) is 1. The average molecular weight is 185 g/mol. The summed E-state index contributed by atoms with van der Waals surface area (Å²) in [6.45, 7) is 1.94. The molecule has 1 aliphatic rings. The third-order valence-electron chi connectivity index (χ3n) is 2.08. The second kappa shape index (κ2) is 3.55. The van der Waals surface area contributed by atoms with Crippen LogP contribution < -0.4 is 0 Å². The van der Waals surface area contributed by atoms with Crippen LogP contribution in [0.5, 0.6) is 0 Å². The Bertz CT molecular complexity index is 261. The van der Waals surface area contributed by atoms with Crippen LogP contribution in [0.2, 0.25) is 0 Å². The van der Waals surface area contributed by atoms with Crippen molar-refractivity contribution in [2.45, 2.75) is 13.3 Å². The van der Waals surface area contributed by atoms with Crippen LogP contribution in [0.25, 0.3) is 0 Å². The van der Waals surface area contributed by atoms with E-state index in [4.69, 9.17) is 0 Å². The maximum absolute atomic E-state index is 11.2. The molecule has 2 amide bonds. The molecule has 1 rings (SSSR count). The van der Waals surface area contributed by atoms with Crippen molar-refractivity contribution in [1.29, 1.82) is 0 Å². The SMILES string of the molecule is COC(=O)N1CCC(C)C(=O)C1=O. The molecule has 1 aliphatic heterocycles. The van der Waals surface area contributed by atoms with Gasteiger partial charge in [-0.3, -0.25) is 9.59 Å². The van der Waals surface area contributed by atoms with Gasteiger partial charge in [0, 0.05) is 12.5 Å². The van der Waals surface area contributed by atoms with Crippen LogP contribution >= 0.6 is 0 Å². The topological polar surface area (TPSA) is 63.7 Å². The lowest BCUT2D eigenvalue weighted by molar-refractivity contribution is -0.148. The first-order valence-electron chi connectivity index (χ1n) is 4.01. The third-order valence-corrected chi connectivity index (χ3v) is 2.08. The largest absolute Gasteiger partial charge is 0.452 e. The van der Waals surface area contributed by atoms with E-state index in [0.717, 1.165) is 4.90 Å². The van der Waals surface area contributed by atoms with Crippen molar-refractivity contribution in [3.8, 4) is 0 Å². The summed E-state index contributed by atoms with van der Waals surface area (Å²) in [4.78, 5) is 34.2. The van der Waals surface area contributed by atoms with Crippen molar-refractivity contribution in [1.82, 2.24) is 4.90 Å². The number of methoxy groups -OCH3 is 1. The minimum absolute atomic E-state index is 0.262.